The highest BCUT2D eigenvalue weighted by molar-refractivity contribution is 7.92. The van der Waals surface area contributed by atoms with Crippen molar-refractivity contribution < 1.29 is 21.6 Å². The average molecular weight is 617 g/mol. The molecule has 4 rings (SSSR count). The molecule has 1 aliphatic rings. The number of anilines is 2. The number of benzene rings is 3. The van der Waals surface area contributed by atoms with E-state index in [0.717, 1.165) is 25.7 Å². The third-order valence-electron chi connectivity index (χ3n) is 6.00. The minimum absolute atomic E-state index is 0.0128. The van der Waals surface area contributed by atoms with E-state index in [9.17, 15) is 21.6 Å². The zero-order valence-electron chi connectivity index (χ0n) is 20.0. The molecule has 1 amide bonds. The number of nitrogens with zero attached hydrogens (tertiary/aromatic N) is 1. The lowest BCUT2D eigenvalue weighted by atomic mass is 10.2. The molecule has 0 radical (unpaired) electrons. The van der Waals surface area contributed by atoms with Gasteiger partial charge in [-0.2, -0.15) is 4.31 Å². The molecule has 0 unspecified atom stereocenters. The van der Waals surface area contributed by atoms with Crippen molar-refractivity contribution in [2.45, 2.75) is 35.5 Å². The molecule has 2 N–H and O–H groups in total. The molecule has 3 aromatic rings. The van der Waals surface area contributed by atoms with Gasteiger partial charge in [0, 0.05) is 18.8 Å². The van der Waals surface area contributed by atoms with Gasteiger partial charge in [0.15, 0.2) is 0 Å². The van der Waals surface area contributed by atoms with Crippen LogP contribution >= 0.6 is 34.8 Å². The quantitative estimate of drug-likeness (QED) is 0.325. The second kappa shape index (κ2) is 11.8. The molecule has 8 nitrogen and oxygen atoms in total. The molecule has 1 heterocycles. The lowest BCUT2D eigenvalue weighted by Crippen LogP contribution is -2.32. The molecule has 3 aromatic carbocycles. The van der Waals surface area contributed by atoms with Crippen LogP contribution in [0.4, 0.5) is 11.4 Å². The SMILES string of the molecule is O=C(Nc1ccc(S(=O)(=O)Nc2cccc(Cl)c2Cl)cc1)c1cc(S(=O)(=O)N2CCCCCC2)ccc1Cl. The highest BCUT2D eigenvalue weighted by Crippen LogP contribution is 2.31. The lowest BCUT2D eigenvalue weighted by molar-refractivity contribution is 0.102. The average Bonchev–Trinajstić information content (AvgIpc) is 3.17. The van der Waals surface area contributed by atoms with E-state index < -0.39 is 26.0 Å². The van der Waals surface area contributed by atoms with Crippen LogP contribution in [0.3, 0.4) is 0 Å². The number of rotatable bonds is 7. The number of halogens is 3. The fourth-order valence-corrected chi connectivity index (χ4v) is 7.19. The summed E-state index contributed by atoms with van der Waals surface area (Å²) in [6.07, 6.45) is 3.52. The molecular weight excluding hydrogens is 593 g/mol. The summed E-state index contributed by atoms with van der Waals surface area (Å²) in [6, 6.07) is 14.0. The van der Waals surface area contributed by atoms with Crippen molar-refractivity contribution in [1.29, 1.82) is 0 Å². The standard InChI is InChI=1S/C25H24Cl3N3O5S2/c26-21-13-12-19(38(35,36)31-14-3-1-2-4-15-31)16-20(21)25(32)29-17-8-10-18(11-9-17)37(33,34)30-23-7-5-6-22(27)24(23)28/h5-13,16,30H,1-4,14-15H2,(H,29,32). The van der Waals surface area contributed by atoms with Gasteiger partial charge in [0.05, 0.1) is 36.1 Å². The molecule has 0 bridgehead atoms. The summed E-state index contributed by atoms with van der Waals surface area (Å²) in [6.45, 7) is 0.861. The van der Waals surface area contributed by atoms with E-state index in [-0.39, 0.29) is 41.8 Å². The number of carbonyl (C=O) groups is 1. The fourth-order valence-electron chi connectivity index (χ4n) is 3.97. The molecule has 202 valence electrons. The molecule has 13 heteroatoms. The number of nitrogens with one attached hydrogen (secondary N) is 2. The van der Waals surface area contributed by atoms with Crippen molar-refractivity contribution in [3.8, 4) is 0 Å². The van der Waals surface area contributed by atoms with Gasteiger partial charge in [0.25, 0.3) is 15.9 Å². The minimum Gasteiger partial charge on any atom is -0.322 e. The lowest BCUT2D eigenvalue weighted by Gasteiger charge is -2.20. The summed E-state index contributed by atoms with van der Waals surface area (Å²) < 4.78 is 55.7. The van der Waals surface area contributed by atoms with E-state index in [1.54, 1.807) is 6.07 Å². The number of sulfonamides is 2. The summed E-state index contributed by atoms with van der Waals surface area (Å²) in [5.74, 6) is -0.637. The van der Waals surface area contributed by atoms with Crippen LogP contribution in [-0.2, 0) is 20.0 Å². The van der Waals surface area contributed by atoms with Gasteiger partial charge in [-0.15, -0.1) is 0 Å². The van der Waals surface area contributed by atoms with Crippen LogP contribution < -0.4 is 10.0 Å². The minimum atomic E-state index is -3.99. The van der Waals surface area contributed by atoms with E-state index >= 15 is 0 Å². The summed E-state index contributed by atoms with van der Waals surface area (Å²) >= 11 is 18.2. The predicted molar refractivity (Wildman–Crippen MR) is 150 cm³/mol. The highest BCUT2D eigenvalue weighted by atomic mass is 35.5. The van der Waals surface area contributed by atoms with Gasteiger partial charge >= 0.3 is 0 Å². The Labute approximate surface area is 237 Å². The van der Waals surface area contributed by atoms with E-state index in [1.807, 2.05) is 0 Å². The largest absolute Gasteiger partial charge is 0.322 e. The van der Waals surface area contributed by atoms with Crippen LogP contribution in [0, 0.1) is 0 Å². The molecule has 0 saturated carbocycles. The molecule has 38 heavy (non-hydrogen) atoms. The van der Waals surface area contributed by atoms with Crippen LogP contribution in [0.15, 0.2) is 70.5 Å². The Hall–Kier alpha value is -2.34. The first kappa shape index (κ1) is 28.7. The van der Waals surface area contributed by atoms with Crippen molar-refractivity contribution in [3.63, 3.8) is 0 Å². The Balaban J connectivity index is 1.51. The maximum atomic E-state index is 13.2. The Morgan fingerprint density at radius 1 is 0.763 bits per heavy atom. The Kier molecular flexibility index (Phi) is 8.91. The van der Waals surface area contributed by atoms with Crippen molar-refractivity contribution in [2.24, 2.45) is 0 Å². The summed E-state index contributed by atoms with van der Waals surface area (Å²) in [7, 11) is -7.77. The van der Waals surface area contributed by atoms with Crippen LogP contribution in [0.5, 0.6) is 0 Å². The van der Waals surface area contributed by atoms with E-state index in [4.69, 9.17) is 34.8 Å². The summed E-state index contributed by atoms with van der Waals surface area (Å²) in [5.41, 5.74) is 0.393. The monoisotopic (exact) mass is 615 g/mol. The van der Waals surface area contributed by atoms with Gasteiger partial charge in [-0.1, -0.05) is 53.7 Å². The summed E-state index contributed by atoms with van der Waals surface area (Å²) in [4.78, 5) is 12.9. The van der Waals surface area contributed by atoms with E-state index in [0.29, 0.717) is 13.1 Å². The van der Waals surface area contributed by atoms with Gasteiger partial charge in [-0.3, -0.25) is 9.52 Å². The molecule has 0 aromatic heterocycles. The van der Waals surface area contributed by atoms with Crippen LogP contribution in [0.2, 0.25) is 15.1 Å². The van der Waals surface area contributed by atoms with Gasteiger partial charge in [-0.05, 0) is 67.4 Å². The van der Waals surface area contributed by atoms with Gasteiger partial charge in [-0.25, -0.2) is 16.8 Å². The highest BCUT2D eigenvalue weighted by Gasteiger charge is 2.27. The van der Waals surface area contributed by atoms with E-state index in [2.05, 4.69) is 10.0 Å². The van der Waals surface area contributed by atoms with Crippen molar-refractivity contribution >= 4 is 72.1 Å². The van der Waals surface area contributed by atoms with Crippen molar-refractivity contribution in [3.05, 3.63) is 81.3 Å². The predicted octanol–water partition coefficient (Wildman–Crippen LogP) is 6.26. The first-order valence-corrected chi connectivity index (χ1v) is 15.7. The first-order valence-electron chi connectivity index (χ1n) is 11.7. The van der Waals surface area contributed by atoms with Gasteiger partial charge < -0.3 is 5.32 Å². The smallest absolute Gasteiger partial charge is 0.261 e. The maximum Gasteiger partial charge on any atom is 0.261 e. The second-order valence-electron chi connectivity index (χ2n) is 8.65. The number of carbonyl (C=O) groups excluding carboxylic acids is 1. The first-order chi connectivity index (χ1) is 18.0. The van der Waals surface area contributed by atoms with E-state index in [1.165, 1.54) is 58.9 Å². The van der Waals surface area contributed by atoms with Crippen LogP contribution in [0.25, 0.3) is 0 Å². The fraction of sp³-hybridized carbons (Fsp3) is 0.240. The molecule has 0 spiro atoms. The number of amides is 1. The Bertz CT molecular complexity index is 1560. The molecule has 0 atom stereocenters. The molecule has 1 fully saturated rings. The van der Waals surface area contributed by atoms with Crippen LogP contribution in [-0.4, -0.2) is 40.1 Å². The number of hydrogen-bond donors (Lipinski definition) is 2. The Morgan fingerprint density at radius 2 is 1.39 bits per heavy atom. The van der Waals surface area contributed by atoms with Crippen molar-refractivity contribution in [1.82, 2.24) is 4.31 Å². The number of hydrogen-bond acceptors (Lipinski definition) is 5. The second-order valence-corrected chi connectivity index (χ2v) is 13.5. The third kappa shape index (κ3) is 6.44. The molecular formula is C25H24Cl3N3O5S2. The molecule has 1 saturated heterocycles. The molecule has 1 aliphatic heterocycles. The van der Waals surface area contributed by atoms with Crippen molar-refractivity contribution in [2.75, 3.05) is 23.1 Å². The topological polar surface area (TPSA) is 113 Å². The summed E-state index contributed by atoms with van der Waals surface area (Å²) in [5, 5.41) is 2.98. The van der Waals surface area contributed by atoms with Gasteiger partial charge in [0.2, 0.25) is 10.0 Å². The van der Waals surface area contributed by atoms with Crippen LogP contribution in [0.1, 0.15) is 36.0 Å². The maximum absolute atomic E-state index is 13.2. The normalized spacial score (nSPS) is 15.0. The third-order valence-corrected chi connectivity index (χ3v) is 10.4. The molecule has 0 aliphatic carbocycles. The zero-order valence-corrected chi connectivity index (χ0v) is 23.9. The van der Waals surface area contributed by atoms with Gasteiger partial charge in [0.1, 0.15) is 0 Å². The Morgan fingerprint density at radius 3 is 2.05 bits per heavy atom. The zero-order chi connectivity index (χ0) is 27.5.